The van der Waals surface area contributed by atoms with Gasteiger partial charge in [0, 0.05) is 29.4 Å². The van der Waals surface area contributed by atoms with Gasteiger partial charge in [0.2, 0.25) is 0 Å². The van der Waals surface area contributed by atoms with Crippen LogP contribution in [0.25, 0.3) is 10.9 Å². The summed E-state index contributed by atoms with van der Waals surface area (Å²) in [7, 11) is 1.60. The van der Waals surface area contributed by atoms with E-state index in [1.165, 1.54) is 10.5 Å². The molecule has 1 aliphatic rings. The van der Waals surface area contributed by atoms with Gasteiger partial charge in [0.25, 0.3) is 0 Å². The summed E-state index contributed by atoms with van der Waals surface area (Å²) in [6.45, 7) is 4.79. The van der Waals surface area contributed by atoms with Gasteiger partial charge in [-0.15, -0.1) is 11.8 Å². The zero-order valence-electron chi connectivity index (χ0n) is 21.7. The second-order valence-electron chi connectivity index (χ2n) is 10.1. The summed E-state index contributed by atoms with van der Waals surface area (Å²) >= 11 is 1.87. The molecule has 198 valence electrons. The number of ether oxygens (including phenoxy) is 1. The van der Waals surface area contributed by atoms with Gasteiger partial charge in [-0.25, -0.2) is 4.39 Å². The fourth-order valence-electron chi connectivity index (χ4n) is 5.37. The summed E-state index contributed by atoms with van der Waals surface area (Å²) in [6, 6.07) is 15.9. The highest BCUT2D eigenvalue weighted by Crippen LogP contribution is 2.36. The summed E-state index contributed by atoms with van der Waals surface area (Å²) in [5.41, 5.74) is 2.64. The number of carboxylic acid groups (broad SMARTS) is 1. The summed E-state index contributed by atoms with van der Waals surface area (Å²) in [5, 5.41) is 10.3. The largest absolute Gasteiger partial charge is 0.497 e. The molecule has 5 nitrogen and oxygen atoms in total. The number of alkyl halides is 1. The molecular formula is C30H37FN2O3S. The van der Waals surface area contributed by atoms with E-state index in [4.69, 9.17) is 4.74 Å². The standard InChI is InChI=1S/C30H37FN2O3S/c1-21-4-8-25(9-5-21)37-17-3-15-33-16-13-22(23(20-33)18-30(34)35)6-10-28(31)26-12-14-32-29-11-7-24(36-2)19-27(26)29/h4-5,7-9,11-12,14,19,22-23,28H,3,6,10,13,15-18,20H2,1-2H3,(H,34,35)/t22-,23+,28?/m1/s1. The van der Waals surface area contributed by atoms with Crippen LogP contribution in [0.4, 0.5) is 4.39 Å². The fourth-order valence-corrected chi connectivity index (χ4v) is 6.21. The van der Waals surface area contributed by atoms with Crippen molar-refractivity contribution in [3.63, 3.8) is 0 Å². The second-order valence-corrected chi connectivity index (χ2v) is 11.2. The van der Waals surface area contributed by atoms with Crippen molar-refractivity contribution in [2.24, 2.45) is 11.8 Å². The lowest BCUT2D eigenvalue weighted by Gasteiger charge is -2.38. The molecule has 0 spiro atoms. The van der Waals surface area contributed by atoms with Gasteiger partial charge < -0.3 is 14.7 Å². The van der Waals surface area contributed by atoms with Crippen molar-refractivity contribution in [3.8, 4) is 5.75 Å². The minimum atomic E-state index is -1.13. The Bertz CT molecular complexity index is 1170. The molecule has 0 bridgehead atoms. The first kappa shape index (κ1) is 27.4. The van der Waals surface area contributed by atoms with E-state index < -0.39 is 12.1 Å². The number of piperidine rings is 1. The number of hydrogen-bond acceptors (Lipinski definition) is 5. The highest BCUT2D eigenvalue weighted by Gasteiger charge is 2.31. The Balaban J connectivity index is 1.30. The Morgan fingerprint density at radius 3 is 2.78 bits per heavy atom. The predicted octanol–water partition coefficient (Wildman–Crippen LogP) is 6.94. The fraction of sp³-hybridized carbons (Fsp3) is 0.467. The van der Waals surface area contributed by atoms with Crippen LogP contribution in [0.2, 0.25) is 0 Å². The highest BCUT2D eigenvalue weighted by molar-refractivity contribution is 7.99. The van der Waals surface area contributed by atoms with Crippen molar-refractivity contribution >= 4 is 28.6 Å². The van der Waals surface area contributed by atoms with Gasteiger partial charge in [-0.1, -0.05) is 17.7 Å². The number of hydrogen-bond donors (Lipinski definition) is 1. The Morgan fingerprint density at radius 2 is 2.03 bits per heavy atom. The summed E-state index contributed by atoms with van der Waals surface area (Å²) in [5.74, 6) is 1.23. The number of likely N-dealkylation sites (tertiary alicyclic amines) is 1. The molecule has 0 saturated carbocycles. The van der Waals surface area contributed by atoms with E-state index in [1.54, 1.807) is 19.4 Å². The van der Waals surface area contributed by atoms with Crippen molar-refractivity contribution in [2.45, 2.75) is 50.1 Å². The summed E-state index contributed by atoms with van der Waals surface area (Å²) in [4.78, 5) is 19.7. The van der Waals surface area contributed by atoms with Crippen molar-refractivity contribution in [1.82, 2.24) is 9.88 Å². The van der Waals surface area contributed by atoms with Gasteiger partial charge >= 0.3 is 5.97 Å². The molecule has 3 aromatic rings. The third kappa shape index (κ3) is 7.68. The van der Waals surface area contributed by atoms with Gasteiger partial charge in [-0.3, -0.25) is 9.78 Å². The van der Waals surface area contributed by atoms with Gasteiger partial charge in [-0.2, -0.15) is 0 Å². The molecule has 1 fully saturated rings. The number of halogens is 1. The van der Waals surface area contributed by atoms with Crippen molar-refractivity contribution < 1.29 is 19.0 Å². The SMILES string of the molecule is COc1ccc2nccc(C(F)CC[C@@H]3CCN(CCCSc4ccc(C)cc4)C[C@@H]3CC(=O)O)c2c1. The molecule has 1 saturated heterocycles. The van der Waals surface area contributed by atoms with E-state index in [0.717, 1.165) is 49.1 Å². The number of carboxylic acids is 1. The molecule has 2 heterocycles. The van der Waals surface area contributed by atoms with Crippen LogP contribution in [0.1, 0.15) is 49.4 Å². The van der Waals surface area contributed by atoms with Crippen molar-refractivity contribution in [2.75, 3.05) is 32.5 Å². The van der Waals surface area contributed by atoms with Crippen LogP contribution in [-0.2, 0) is 4.79 Å². The highest BCUT2D eigenvalue weighted by atomic mass is 32.2. The molecule has 1 N–H and O–H groups in total. The number of nitrogens with zero attached hydrogens (tertiary/aromatic N) is 2. The van der Waals surface area contributed by atoms with Gasteiger partial charge in [0.1, 0.15) is 11.9 Å². The van der Waals surface area contributed by atoms with Crippen LogP contribution < -0.4 is 4.74 Å². The van der Waals surface area contributed by atoms with Gasteiger partial charge in [0.05, 0.1) is 12.6 Å². The van der Waals surface area contributed by atoms with E-state index >= 15 is 4.39 Å². The van der Waals surface area contributed by atoms with Crippen molar-refractivity contribution in [3.05, 3.63) is 65.9 Å². The predicted molar refractivity (Wildman–Crippen MR) is 148 cm³/mol. The van der Waals surface area contributed by atoms with Crippen LogP contribution >= 0.6 is 11.8 Å². The maximum Gasteiger partial charge on any atom is 0.303 e. The number of pyridine rings is 1. The number of carbonyl (C=O) groups is 1. The first-order valence-electron chi connectivity index (χ1n) is 13.1. The van der Waals surface area contributed by atoms with Crippen LogP contribution in [0.5, 0.6) is 5.75 Å². The molecular weight excluding hydrogens is 487 g/mol. The van der Waals surface area contributed by atoms with Crippen LogP contribution in [0.3, 0.4) is 0 Å². The second kappa shape index (κ2) is 13.2. The number of benzene rings is 2. The lowest BCUT2D eigenvalue weighted by Crippen LogP contribution is -2.42. The van der Waals surface area contributed by atoms with Crippen LogP contribution in [0.15, 0.2) is 59.6 Å². The monoisotopic (exact) mass is 524 g/mol. The Labute approximate surface area is 223 Å². The zero-order valence-corrected chi connectivity index (χ0v) is 22.6. The van der Waals surface area contributed by atoms with Crippen LogP contribution in [-0.4, -0.2) is 53.5 Å². The first-order valence-corrected chi connectivity index (χ1v) is 14.1. The minimum absolute atomic E-state index is 0.0532. The third-order valence-electron chi connectivity index (χ3n) is 7.43. The normalized spacial score (nSPS) is 19.1. The Morgan fingerprint density at radius 1 is 1.22 bits per heavy atom. The smallest absolute Gasteiger partial charge is 0.303 e. The minimum Gasteiger partial charge on any atom is -0.497 e. The van der Waals surface area contributed by atoms with E-state index in [2.05, 4.69) is 41.1 Å². The Hall–Kier alpha value is -2.64. The average Bonchev–Trinajstić information content (AvgIpc) is 2.90. The first-order chi connectivity index (χ1) is 17.9. The summed E-state index contributed by atoms with van der Waals surface area (Å²) < 4.78 is 20.8. The zero-order chi connectivity index (χ0) is 26.2. The molecule has 0 aliphatic carbocycles. The third-order valence-corrected chi connectivity index (χ3v) is 8.53. The number of aromatic nitrogens is 1. The van der Waals surface area contributed by atoms with Gasteiger partial charge in [-0.05, 0) is 105 Å². The van der Waals surface area contributed by atoms with Crippen LogP contribution in [0, 0.1) is 18.8 Å². The number of methoxy groups -OCH3 is 1. The molecule has 2 aromatic carbocycles. The van der Waals surface area contributed by atoms with E-state index in [-0.39, 0.29) is 18.3 Å². The Kier molecular flexibility index (Phi) is 9.81. The van der Waals surface area contributed by atoms with Crippen molar-refractivity contribution in [1.29, 1.82) is 0 Å². The molecule has 1 unspecified atom stereocenters. The number of aliphatic carboxylic acids is 1. The number of aryl methyl sites for hydroxylation is 1. The molecule has 1 aromatic heterocycles. The van der Waals surface area contributed by atoms with E-state index in [0.29, 0.717) is 24.2 Å². The molecule has 4 rings (SSSR count). The number of fused-ring (bicyclic) bond motifs is 1. The molecule has 0 radical (unpaired) electrons. The average molecular weight is 525 g/mol. The molecule has 7 heteroatoms. The molecule has 1 aliphatic heterocycles. The van der Waals surface area contributed by atoms with Gasteiger partial charge in [0.15, 0.2) is 0 Å². The summed E-state index contributed by atoms with van der Waals surface area (Å²) in [6.07, 6.45) is 3.72. The van der Waals surface area contributed by atoms with E-state index in [9.17, 15) is 9.90 Å². The van der Waals surface area contributed by atoms with E-state index in [1.807, 2.05) is 30.0 Å². The maximum atomic E-state index is 15.5. The molecule has 0 amide bonds. The molecule has 3 atom stereocenters. The number of thioether (sulfide) groups is 1. The lowest BCUT2D eigenvalue weighted by atomic mass is 9.79. The quantitative estimate of drug-likeness (QED) is 0.205. The topological polar surface area (TPSA) is 62.7 Å². The molecule has 37 heavy (non-hydrogen) atoms. The maximum absolute atomic E-state index is 15.5. The number of rotatable bonds is 12. The lowest BCUT2D eigenvalue weighted by molar-refractivity contribution is -0.139.